The van der Waals surface area contributed by atoms with Crippen molar-refractivity contribution in [1.29, 1.82) is 0 Å². The van der Waals surface area contributed by atoms with Crippen molar-refractivity contribution < 1.29 is 21.4 Å². The van der Waals surface area contributed by atoms with Crippen LogP contribution >= 0.6 is 10.7 Å². The molecule has 1 aromatic heterocycles. The average Bonchev–Trinajstić information content (AvgIpc) is 2.03. The second kappa shape index (κ2) is 5.70. The molecule has 0 fully saturated rings. The molecule has 0 aliphatic heterocycles. The molecule has 0 aliphatic rings. The third-order valence-electron chi connectivity index (χ3n) is 0.690. The van der Waals surface area contributed by atoms with Gasteiger partial charge in [-0.1, -0.05) is 5.21 Å². The molecule has 11 heteroatoms. The zero-order valence-corrected chi connectivity index (χ0v) is 8.71. The third kappa shape index (κ3) is 9.12. The van der Waals surface area contributed by atoms with Crippen LogP contribution in [0.2, 0.25) is 0 Å². The number of nitrogens with zero attached hydrogens (tertiary/aromatic N) is 2. The van der Waals surface area contributed by atoms with Gasteiger partial charge in [0.05, 0.1) is 6.20 Å². The van der Waals surface area contributed by atoms with Crippen LogP contribution in [0.3, 0.4) is 0 Å². The van der Waals surface area contributed by atoms with Gasteiger partial charge in [-0.05, 0) is 6.07 Å². The summed E-state index contributed by atoms with van der Waals surface area (Å²) in [6.45, 7) is 0. The van der Waals surface area contributed by atoms with Crippen molar-refractivity contribution in [3.05, 3.63) is 16.9 Å². The number of rotatable bonds is 0. The Hall–Kier alpha value is -0.970. The van der Waals surface area contributed by atoms with Crippen molar-refractivity contribution in [3.8, 4) is 0 Å². The van der Waals surface area contributed by atoms with Crippen LogP contribution in [0.4, 0.5) is 0 Å². The molecule has 14 heavy (non-hydrogen) atoms. The standard InChI is InChI=1S/C3H3N3O2S.ClHO3S/c7-9(8)3-1-2-4-6-5-3;1-5(2,3)4/h1-2H,(H,4,5);(H,2,3,4). The normalized spacial score (nSPS) is 9.86. The van der Waals surface area contributed by atoms with Gasteiger partial charge in [0.1, 0.15) is 0 Å². The van der Waals surface area contributed by atoms with Gasteiger partial charge in [0.15, 0.2) is 4.64 Å². The first-order valence-corrected chi connectivity index (χ1v) is 6.10. The second-order valence-corrected chi connectivity index (χ2v) is 4.56. The predicted molar refractivity (Wildman–Crippen MR) is 45.9 cm³/mol. The van der Waals surface area contributed by atoms with Crippen LogP contribution in [-0.4, -0.2) is 36.8 Å². The highest BCUT2D eigenvalue weighted by atomic mass is 35.7. The van der Waals surface area contributed by atoms with Crippen molar-refractivity contribution in [2.45, 2.75) is 0 Å². The first-order chi connectivity index (χ1) is 6.30. The summed E-state index contributed by atoms with van der Waals surface area (Å²) >= 11 is 0. The molecule has 0 saturated heterocycles. The fourth-order valence-corrected chi connectivity index (χ4v) is 0.630. The summed E-state index contributed by atoms with van der Waals surface area (Å²) in [4.78, 5) is 0. The van der Waals surface area contributed by atoms with Gasteiger partial charge in [0, 0.05) is 10.7 Å². The van der Waals surface area contributed by atoms with E-state index in [1.165, 1.54) is 12.3 Å². The Labute approximate surface area is 84.3 Å². The van der Waals surface area contributed by atoms with Gasteiger partial charge in [-0.15, -0.1) is 5.10 Å². The van der Waals surface area contributed by atoms with Crippen LogP contribution < -0.4 is 0 Å². The first-order valence-electron chi connectivity index (χ1n) is 2.76. The topological polar surface area (TPSA) is 130 Å². The number of H-pyrrole nitrogens is 1. The molecule has 2 N–H and O–H groups in total. The molecular weight excluding hydrogens is 258 g/mol. The molecule has 0 bridgehead atoms. The van der Waals surface area contributed by atoms with Crippen molar-refractivity contribution in [1.82, 2.24) is 15.4 Å². The van der Waals surface area contributed by atoms with Crippen LogP contribution in [0.1, 0.15) is 0 Å². The average molecular weight is 262 g/mol. The summed E-state index contributed by atoms with van der Waals surface area (Å²) in [5.41, 5.74) is 0. The van der Waals surface area contributed by atoms with E-state index in [1.54, 1.807) is 0 Å². The Morgan fingerprint density at radius 1 is 1.50 bits per heavy atom. The Balaban J connectivity index is 0.000000292. The largest absolute Gasteiger partial charge is 0.353 e. The smallest absolute Gasteiger partial charge is 0.273 e. The lowest BCUT2D eigenvalue weighted by atomic mass is 10.7. The SMILES string of the molecule is O=S(=O)(O)Cl.O=S(=O)=c1ccnn[nH]1. The molecule has 0 unspecified atom stereocenters. The molecule has 1 heterocycles. The molecule has 0 spiro atoms. The molecule has 1 aromatic rings. The molecule has 0 saturated carbocycles. The minimum Gasteiger partial charge on any atom is -0.273 e. The number of nitrogens with one attached hydrogen (secondary N) is 1. The van der Waals surface area contributed by atoms with E-state index in [2.05, 4.69) is 26.1 Å². The molecule has 0 aliphatic carbocycles. The molecule has 80 valence electrons. The minimum absolute atomic E-state index is 0.0324. The van der Waals surface area contributed by atoms with Crippen LogP contribution in [0.5, 0.6) is 0 Å². The lowest BCUT2D eigenvalue weighted by molar-refractivity contribution is 0.501. The van der Waals surface area contributed by atoms with E-state index in [9.17, 15) is 8.42 Å². The van der Waals surface area contributed by atoms with Crippen LogP contribution in [0.25, 0.3) is 0 Å². The van der Waals surface area contributed by atoms with Crippen molar-refractivity contribution in [3.63, 3.8) is 0 Å². The quantitative estimate of drug-likeness (QED) is 0.357. The first kappa shape index (κ1) is 13.0. The molecule has 0 atom stereocenters. The second-order valence-electron chi connectivity index (χ2n) is 1.65. The number of hydrogen-bond acceptors (Lipinski definition) is 6. The number of halogens is 1. The van der Waals surface area contributed by atoms with E-state index in [0.29, 0.717) is 0 Å². The Morgan fingerprint density at radius 3 is 2.21 bits per heavy atom. The third-order valence-corrected chi connectivity index (χ3v) is 1.28. The molecule has 0 amide bonds. The minimum atomic E-state index is -4.19. The fraction of sp³-hybridized carbons (Fsp3) is 0. The van der Waals surface area contributed by atoms with Crippen LogP contribution in [-0.2, 0) is 19.6 Å². The highest BCUT2D eigenvalue weighted by Crippen LogP contribution is 1.82. The molecule has 0 aromatic carbocycles. The Morgan fingerprint density at radius 2 is 2.00 bits per heavy atom. The van der Waals surface area contributed by atoms with Gasteiger partial charge in [-0.2, -0.15) is 16.8 Å². The maximum atomic E-state index is 10.1. The van der Waals surface area contributed by atoms with Gasteiger partial charge < -0.3 is 0 Å². The van der Waals surface area contributed by atoms with Gasteiger partial charge in [0.2, 0.25) is 10.3 Å². The summed E-state index contributed by atoms with van der Waals surface area (Å²) in [6.07, 6.45) is 1.29. The lowest BCUT2D eigenvalue weighted by Crippen LogP contribution is -1.84. The van der Waals surface area contributed by atoms with E-state index < -0.39 is 19.6 Å². The monoisotopic (exact) mass is 261 g/mol. The fourth-order valence-electron chi connectivity index (χ4n) is 0.343. The highest BCUT2D eigenvalue weighted by molar-refractivity contribution is 8.09. The van der Waals surface area contributed by atoms with Crippen molar-refractivity contribution >= 4 is 30.3 Å². The summed E-state index contributed by atoms with van der Waals surface area (Å²) in [7, 11) is -2.37. The van der Waals surface area contributed by atoms with E-state index >= 15 is 0 Å². The van der Waals surface area contributed by atoms with Crippen molar-refractivity contribution in [2.75, 3.05) is 0 Å². The number of aromatic amines is 1. The van der Waals surface area contributed by atoms with Crippen molar-refractivity contribution in [2.24, 2.45) is 0 Å². The number of aromatic nitrogens is 3. The van der Waals surface area contributed by atoms with Crippen LogP contribution in [0.15, 0.2) is 12.3 Å². The zero-order valence-electron chi connectivity index (χ0n) is 6.32. The predicted octanol–water partition coefficient (Wildman–Crippen LogP) is -0.756. The maximum absolute atomic E-state index is 10.1. The molecule has 1 rings (SSSR count). The van der Waals surface area contributed by atoms with Gasteiger partial charge in [-0.3, -0.25) is 4.55 Å². The van der Waals surface area contributed by atoms with E-state index in [4.69, 9.17) is 13.0 Å². The highest BCUT2D eigenvalue weighted by Gasteiger charge is 1.86. The Kier molecular flexibility index (Phi) is 5.30. The Bertz CT molecular complexity index is 512. The maximum Gasteiger partial charge on any atom is 0.353 e. The summed E-state index contributed by atoms with van der Waals surface area (Å²) < 4.78 is 45.4. The molecule has 0 radical (unpaired) electrons. The van der Waals surface area contributed by atoms with E-state index in [-0.39, 0.29) is 4.64 Å². The summed E-state index contributed by atoms with van der Waals surface area (Å²) in [5, 5.41) is 8.78. The van der Waals surface area contributed by atoms with E-state index in [1.807, 2.05) is 0 Å². The molecule has 8 nitrogen and oxygen atoms in total. The van der Waals surface area contributed by atoms with Gasteiger partial charge >= 0.3 is 9.33 Å². The van der Waals surface area contributed by atoms with Gasteiger partial charge in [-0.25, -0.2) is 5.10 Å². The summed E-state index contributed by atoms with van der Waals surface area (Å²) in [6, 6.07) is 1.32. The van der Waals surface area contributed by atoms with Gasteiger partial charge in [0.25, 0.3) is 0 Å². The number of hydrogen-bond donors (Lipinski definition) is 2. The lowest BCUT2D eigenvalue weighted by Gasteiger charge is -1.74. The molecular formula is C3H4ClN3O5S2. The van der Waals surface area contributed by atoms with Crippen LogP contribution in [0, 0.1) is 4.64 Å². The summed E-state index contributed by atoms with van der Waals surface area (Å²) in [5.74, 6) is 0. The zero-order chi connectivity index (χ0) is 11.2. The van der Waals surface area contributed by atoms with E-state index in [0.717, 1.165) is 0 Å².